The van der Waals surface area contributed by atoms with Crippen LogP contribution in [-0.2, 0) is 4.79 Å². The zero-order chi connectivity index (χ0) is 12.3. The van der Waals surface area contributed by atoms with E-state index in [4.69, 9.17) is 0 Å². The summed E-state index contributed by atoms with van der Waals surface area (Å²) >= 11 is 0. The first-order valence-corrected chi connectivity index (χ1v) is 7.12. The van der Waals surface area contributed by atoms with Crippen molar-refractivity contribution in [3.05, 3.63) is 0 Å². The number of likely N-dealkylation sites (N-methyl/N-ethyl adjacent to an activating group) is 1. The average Bonchev–Trinajstić information content (AvgIpc) is 2.33. The lowest BCUT2D eigenvalue weighted by atomic mass is 9.83. The molecule has 0 bridgehead atoms. The Labute approximate surface area is 105 Å². The fourth-order valence-corrected chi connectivity index (χ4v) is 3.05. The molecular formula is C14H26N2O. The summed E-state index contributed by atoms with van der Waals surface area (Å²) in [7, 11) is 1.92. The van der Waals surface area contributed by atoms with E-state index in [9.17, 15) is 4.79 Å². The molecule has 2 fully saturated rings. The van der Waals surface area contributed by atoms with Gasteiger partial charge >= 0.3 is 0 Å². The van der Waals surface area contributed by atoms with Crippen molar-refractivity contribution in [2.24, 2.45) is 11.8 Å². The fraction of sp³-hybridized carbons (Fsp3) is 0.929. The summed E-state index contributed by atoms with van der Waals surface area (Å²) in [6.07, 6.45) is 7.30. The van der Waals surface area contributed by atoms with E-state index in [2.05, 4.69) is 12.2 Å². The Kier molecular flexibility index (Phi) is 4.43. The Morgan fingerprint density at radius 2 is 1.94 bits per heavy atom. The van der Waals surface area contributed by atoms with Crippen molar-refractivity contribution in [1.29, 1.82) is 0 Å². The van der Waals surface area contributed by atoms with Crippen molar-refractivity contribution >= 4 is 5.91 Å². The quantitative estimate of drug-likeness (QED) is 0.816. The highest BCUT2D eigenvalue weighted by Gasteiger charge is 2.24. The first-order chi connectivity index (χ1) is 8.15. The predicted octanol–water partition coefficient (Wildman–Crippen LogP) is 2.02. The van der Waals surface area contributed by atoms with Crippen LogP contribution in [0.3, 0.4) is 0 Å². The van der Waals surface area contributed by atoms with Crippen LogP contribution in [0.5, 0.6) is 0 Å². The van der Waals surface area contributed by atoms with Crippen molar-refractivity contribution in [1.82, 2.24) is 10.2 Å². The van der Waals surface area contributed by atoms with Gasteiger partial charge in [0.15, 0.2) is 0 Å². The Hall–Kier alpha value is -0.570. The van der Waals surface area contributed by atoms with Gasteiger partial charge in [0.25, 0.3) is 0 Å². The van der Waals surface area contributed by atoms with Gasteiger partial charge in [-0.15, -0.1) is 0 Å². The molecule has 1 heterocycles. The maximum atomic E-state index is 11.4. The van der Waals surface area contributed by atoms with E-state index >= 15 is 0 Å². The third kappa shape index (κ3) is 3.70. The van der Waals surface area contributed by atoms with Gasteiger partial charge in [0.05, 0.1) is 0 Å². The van der Waals surface area contributed by atoms with Crippen LogP contribution < -0.4 is 5.32 Å². The lowest BCUT2D eigenvalue weighted by Crippen LogP contribution is -2.47. The highest BCUT2D eigenvalue weighted by Crippen LogP contribution is 2.27. The fourth-order valence-electron chi connectivity index (χ4n) is 3.05. The number of piperidine rings is 1. The van der Waals surface area contributed by atoms with Gasteiger partial charge in [-0.25, -0.2) is 0 Å². The maximum absolute atomic E-state index is 11.4. The van der Waals surface area contributed by atoms with Gasteiger partial charge in [-0.05, 0) is 37.6 Å². The van der Waals surface area contributed by atoms with Crippen LogP contribution >= 0.6 is 0 Å². The van der Waals surface area contributed by atoms with Gasteiger partial charge in [-0.1, -0.05) is 19.8 Å². The SMILES string of the molecule is CC1CCC(CNC2CCC(=O)N(C)C2)CC1. The first kappa shape index (κ1) is 12.9. The Bertz CT molecular complexity index is 259. The summed E-state index contributed by atoms with van der Waals surface area (Å²) in [5.41, 5.74) is 0. The van der Waals surface area contributed by atoms with Crippen molar-refractivity contribution in [2.45, 2.75) is 51.5 Å². The molecule has 1 saturated carbocycles. The first-order valence-electron chi connectivity index (χ1n) is 7.12. The van der Waals surface area contributed by atoms with Gasteiger partial charge in [0, 0.05) is 26.1 Å². The van der Waals surface area contributed by atoms with Crippen LogP contribution in [0.2, 0.25) is 0 Å². The molecule has 1 aliphatic heterocycles. The summed E-state index contributed by atoms with van der Waals surface area (Å²) in [5.74, 6) is 2.10. The van der Waals surface area contributed by atoms with Crippen LogP contribution in [-0.4, -0.2) is 37.0 Å². The van der Waals surface area contributed by atoms with Gasteiger partial charge in [-0.2, -0.15) is 0 Å². The number of carbonyl (C=O) groups excluding carboxylic acids is 1. The molecule has 1 saturated heterocycles. The van der Waals surface area contributed by atoms with Crippen molar-refractivity contribution in [3.8, 4) is 0 Å². The van der Waals surface area contributed by atoms with Crippen molar-refractivity contribution in [3.63, 3.8) is 0 Å². The summed E-state index contributed by atoms with van der Waals surface area (Å²) in [6.45, 7) is 4.41. The minimum Gasteiger partial charge on any atom is -0.344 e. The molecule has 2 aliphatic rings. The van der Waals surface area contributed by atoms with Crippen LogP contribution in [0.25, 0.3) is 0 Å². The summed E-state index contributed by atoms with van der Waals surface area (Å²) < 4.78 is 0. The molecule has 1 aliphatic carbocycles. The van der Waals surface area contributed by atoms with Gasteiger partial charge in [0.1, 0.15) is 0 Å². The second-order valence-corrected chi connectivity index (χ2v) is 6.04. The molecule has 3 heteroatoms. The van der Waals surface area contributed by atoms with Crippen LogP contribution in [0.15, 0.2) is 0 Å². The molecule has 3 nitrogen and oxygen atoms in total. The summed E-state index contributed by atoms with van der Waals surface area (Å²) in [6, 6.07) is 0.525. The number of carbonyl (C=O) groups is 1. The summed E-state index contributed by atoms with van der Waals surface area (Å²) in [5, 5.41) is 3.66. The van der Waals surface area contributed by atoms with E-state index in [1.165, 1.54) is 25.7 Å². The van der Waals surface area contributed by atoms with Gasteiger partial charge < -0.3 is 10.2 Å². The summed E-state index contributed by atoms with van der Waals surface area (Å²) in [4.78, 5) is 13.2. The Morgan fingerprint density at radius 3 is 2.59 bits per heavy atom. The number of nitrogens with zero attached hydrogens (tertiary/aromatic N) is 1. The molecule has 98 valence electrons. The zero-order valence-corrected chi connectivity index (χ0v) is 11.2. The molecule has 2 rings (SSSR count). The molecule has 1 amide bonds. The molecule has 0 aromatic heterocycles. The van der Waals surface area contributed by atoms with E-state index in [1.807, 2.05) is 11.9 Å². The van der Waals surface area contributed by atoms with E-state index in [0.717, 1.165) is 37.8 Å². The van der Waals surface area contributed by atoms with E-state index in [0.29, 0.717) is 11.9 Å². The van der Waals surface area contributed by atoms with Gasteiger partial charge in [0.2, 0.25) is 5.91 Å². The normalized spacial score (nSPS) is 35.1. The molecule has 0 aromatic rings. The number of hydrogen-bond donors (Lipinski definition) is 1. The highest BCUT2D eigenvalue weighted by molar-refractivity contribution is 5.76. The van der Waals surface area contributed by atoms with Crippen LogP contribution in [0.4, 0.5) is 0 Å². The van der Waals surface area contributed by atoms with Crippen molar-refractivity contribution < 1.29 is 4.79 Å². The zero-order valence-electron chi connectivity index (χ0n) is 11.2. The monoisotopic (exact) mass is 238 g/mol. The molecular weight excluding hydrogens is 212 g/mol. The number of nitrogens with one attached hydrogen (secondary N) is 1. The highest BCUT2D eigenvalue weighted by atomic mass is 16.2. The number of hydrogen-bond acceptors (Lipinski definition) is 2. The standard InChI is InChI=1S/C14H26N2O/c1-11-3-5-12(6-4-11)9-15-13-7-8-14(17)16(2)10-13/h11-13,15H,3-10H2,1-2H3. The predicted molar refractivity (Wildman–Crippen MR) is 69.8 cm³/mol. The smallest absolute Gasteiger partial charge is 0.222 e. The van der Waals surface area contributed by atoms with E-state index < -0.39 is 0 Å². The third-order valence-corrected chi connectivity index (χ3v) is 4.46. The Balaban J connectivity index is 1.66. The van der Waals surface area contributed by atoms with Crippen LogP contribution in [0.1, 0.15) is 45.4 Å². The lowest BCUT2D eigenvalue weighted by molar-refractivity contribution is -0.132. The second-order valence-electron chi connectivity index (χ2n) is 6.04. The van der Waals surface area contributed by atoms with Crippen molar-refractivity contribution in [2.75, 3.05) is 20.1 Å². The number of amides is 1. The molecule has 0 aromatic carbocycles. The molecule has 1 N–H and O–H groups in total. The van der Waals surface area contributed by atoms with Gasteiger partial charge in [-0.3, -0.25) is 4.79 Å². The molecule has 0 radical (unpaired) electrons. The van der Waals surface area contributed by atoms with Crippen LogP contribution in [0, 0.1) is 11.8 Å². The van der Waals surface area contributed by atoms with E-state index in [1.54, 1.807) is 0 Å². The molecule has 0 spiro atoms. The topological polar surface area (TPSA) is 32.3 Å². The minimum atomic E-state index is 0.301. The third-order valence-electron chi connectivity index (χ3n) is 4.46. The maximum Gasteiger partial charge on any atom is 0.222 e. The second kappa shape index (κ2) is 5.85. The Morgan fingerprint density at radius 1 is 1.24 bits per heavy atom. The largest absolute Gasteiger partial charge is 0.344 e. The molecule has 1 unspecified atom stereocenters. The number of likely N-dealkylation sites (tertiary alicyclic amines) is 1. The average molecular weight is 238 g/mol. The number of rotatable bonds is 3. The molecule has 17 heavy (non-hydrogen) atoms. The molecule has 1 atom stereocenters. The minimum absolute atomic E-state index is 0.301. The lowest BCUT2D eigenvalue weighted by Gasteiger charge is -2.33. The van der Waals surface area contributed by atoms with E-state index in [-0.39, 0.29) is 0 Å².